The van der Waals surface area contributed by atoms with Crippen molar-refractivity contribution >= 4 is 5.91 Å². The predicted molar refractivity (Wildman–Crippen MR) is 67.4 cm³/mol. The number of benzene rings is 1. The van der Waals surface area contributed by atoms with Gasteiger partial charge in [0, 0.05) is 30.3 Å². The topological polar surface area (TPSA) is 52.6 Å². The number of nitrogens with one attached hydrogen (secondary N) is 1. The summed E-state index contributed by atoms with van der Waals surface area (Å²) in [6.45, 7) is 1.55. The molecule has 1 aliphatic carbocycles. The second kappa shape index (κ2) is 4.90. The standard InChI is InChI=1S/C14H17FN2O2/c15-13-7-10(14(18)16-19)6-9-4-5-17(8-12(9)13)11-2-1-3-11/h6-7,11,19H,1-5,8H2,(H,16,18). The zero-order chi connectivity index (χ0) is 13.4. The molecule has 102 valence electrons. The first-order chi connectivity index (χ1) is 9.19. The fourth-order valence-corrected chi connectivity index (χ4v) is 2.90. The van der Waals surface area contributed by atoms with E-state index in [0.717, 1.165) is 18.5 Å². The molecule has 0 aromatic heterocycles. The highest BCUT2D eigenvalue weighted by Gasteiger charge is 2.29. The van der Waals surface area contributed by atoms with Crippen LogP contribution < -0.4 is 5.48 Å². The second-order valence-corrected chi connectivity index (χ2v) is 5.34. The van der Waals surface area contributed by atoms with E-state index in [1.165, 1.54) is 25.3 Å². The van der Waals surface area contributed by atoms with Gasteiger partial charge in [-0.1, -0.05) is 6.42 Å². The number of carbonyl (C=O) groups excluding carboxylic acids is 1. The molecule has 3 rings (SSSR count). The number of hydrogen-bond acceptors (Lipinski definition) is 3. The first-order valence-corrected chi connectivity index (χ1v) is 6.69. The molecule has 0 radical (unpaired) electrons. The van der Waals surface area contributed by atoms with Gasteiger partial charge in [0.05, 0.1) is 0 Å². The second-order valence-electron chi connectivity index (χ2n) is 5.34. The molecule has 1 heterocycles. The Labute approximate surface area is 111 Å². The summed E-state index contributed by atoms with van der Waals surface area (Å²) >= 11 is 0. The average molecular weight is 264 g/mol. The van der Waals surface area contributed by atoms with E-state index in [9.17, 15) is 9.18 Å². The zero-order valence-corrected chi connectivity index (χ0v) is 10.7. The third-order valence-corrected chi connectivity index (χ3v) is 4.27. The van der Waals surface area contributed by atoms with Gasteiger partial charge in [-0.3, -0.25) is 14.9 Å². The number of nitrogens with zero attached hydrogens (tertiary/aromatic N) is 1. The van der Waals surface area contributed by atoms with Crippen LogP contribution in [0.1, 0.15) is 40.7 Å². The minimum atomic E-state index is -0.664. The highest BCUT2D eigenvalue weighted by atomic mass is 19.1. The van der Waals surface area contributed by atoms with Crippen LogP contribution in [0.15, 0.2) is 12.1 Å². The molecule has 1 saturated carbocycles. The number of hydroxylamine groups is 1. The molecular formula is C14H17FN2O2. The lowest BCUT2D eigenvalue weighted by molar-refractivity contribution is 0.0705. The fourth-order valence-electron chi connectivity index (χ4n) is 2.90. The number of rotatable bonds is 2. The molecule has 0 spiro atoms. The van der Waals surface area contributed by atoms with Crippen molar-refractivity contribution in [2.45, 2.75) is 38.3 Å². The monoisotopic (exact) mass is 264 g/mol. The Morgan fingerprint density at radius 1 is 1.42 bits per heavy atom. The van der Waals surface area contributed by atoms with E-state index in [1.54, 1.807) is 11.5 Å². The van der Waals surface area contributed by atoms with Crippen molar-refractivity contribution in [1.82, 2.24) is 10.4 Å². The van der Waals surface area contributed by atoms with Crippen LogP contribution >= 0.6 is 0 Å². The summed E-state index contributed by atoms with van der Waals surface area (Å²) in [5.41, 5.74) is 3.31. The van der Waals surface area contributed by atoms with Gasteiger partial charge in [-0.25, -0.2) is 9.87 Å². The summed E-state index contributed by atoms with van der Waals surface area (Å²) in [6.07, 6.45) is 4.45. The summed E-state index contributed by atoms with van der Waals surface area (Å²) < 4.78 is 14.1. The van der Waals surface area contributed by atoms with Crippen LogP contribution in [0.3, 0.4) is 0 Å². The van der Waals surface area contributed by atoms with Crippen LogP contribution in [-0.4, -0.2) is 28.6 Å². The molecule has 0 bridgehead atoms. The predicted octanol–water partition coefficient (Wildman–Crippen LogP) is 1.86. The Balaban J connectivity index is 1.86. The van der Waals surface area contributed by atoms with Crippen molar-refractivity contribution in [3.63, 3.8) is 0 Å². The van der Waals surface area contributed by atoms with E-state index in [-0.39, 0.29) is 11.4 Å². The lowest BCUT2D eigenvalue weighted by Gasteiger charge is -2.40. The first-order valence-electron chi connectivity index (χ1n) is 6.69. The first kappa shape index (κ1) is 12.6. The number of halogens is 1. The maximum atomic E-state index is 14.1. The molecule has 2 aliphatic rings. The minimum Gasteiger partial charge on any atom is -0.296 e. The van der Waals surface area contributed by atoms with Crippen LogP contribution in [0.2, 0.25) is 0 Å². The summed E-state index contributed by atoms with van der Waals surface area (Å²) in [7, 11) is 0. The summed E-state index contributed by atoms with van der Waals surface area (Å²) in [5.74, 6) is -1.01. The molecule has 0 saturated heterocycles. The van der Waals surface area contributed by atoms with E-state index >= 15 is 0 Å². The van der Waals surface area contributed by atoms with Crippen LogP contribution in [0, 0.1) is 5.82 Å². The summed E-state index contributed by atoms with van der Waals surface area (Å²) in [6, 6.07) is 3.49. The molecule has 0 atom stereocenters. The molecule has 19 heavy (non-hydrogen) atoms. The van der Waals surface area contributed by atoms with Crippen LogP contribution in [0.25, 0.3) is 0 Å². The van der Waals surface area contributed by atoms with Gasteiger partial charge in [0.15, 0.2) is 0 Å². The van der Waals surface area contributed by atoms with Gasteiger partial charge >= 0.3 is 0 Å². The Morgan fingerprint density at radius 3 is 2.84 bits per heavy atom. The lowest BCUT2D eigenvalue weighted by Crippen LogP contribution is -2.43. The highest BCUT2D eigenvalue weighted by Crippen LogP contribution is 2.31. The largest absolute Gasteiger partial charge is 0.296 e. The zero-order valence-electron chi connectivity index (χ0n) is 10.7. The van der Waals surface area contributed by atoms with Crippen molar-refractivity contribution in [3.05, 3.63) is 34.6 Å². The number of amides is 1. The summed E-state index contributed by atoms with van der Waals surface area (Å²) in [5, 5.41) is 8.61. The van der Waals surface area contributed by atoms with Crippen molar-refractivity contribution in [3.8, 4) is 0 Å². The van der Waals surface area contributed by atoms with E-state index in [2.05, 4.69) is 4.90 Å². The van der Waals surface area contributed by atoms with Gasteiger partial charge in [-0.05, 0) is 37.0 Å². The molecule has 1 amide bonds. The molecule has 1 aliphatic heterocycles. The fraction of sp³-hybridized carbons (Fsp3) is 0.500. The molecule has 1 aromatic rings. The Hall–Kier alpha value is -1.46. The number of hydrogen-bond donors (Lipinski definition) is 2. The van der Waals surface area contributed by atoms with Crippen molar-refractivity contribution in [2.24, 2.45) is 0 Å². The molecule has 1 fully saturated rings. The lowest BCUT2D eigenvalue weighted by atomic mass is 9.88. The van der Waals surface area contributed by atoms with Crippen molar-refractivity contribution in [2.75, 3.05) is 6.54 Å². The van der Waals surface area contributed by atoms with Crippen molar-refractivity contribution in [1.29, 1.82) is 0 Å². The van der Waals surface area contributed by atoms with Gasteiger partial charge < -0.3 is 0 Å². The van der Waals surface area contributed by atoms with Crippen LogP contribution in [0.4, 0.5) is 4.39 Å². The smallest absolute Gasteiger partial charge is 0.274 e. The van der Waals surface area contributed by atoms with Gasteiger partial charge in [0.1, 0.15) is 5.82 Å². The van der Waals surface area contributed by atoms with E-state index in [4.69, 9.17) is 5.21 Å². The van der Waals surface area contributed by atoms with Gasteiger partial charge in [0.25, 0.3) is 5.91 Å². The summed E-state index contributed by atoms with van der Waals surface area (Å²) in [4.78, 5) is 13.7. The highest BCUT2D eigenvalue weighted by molar-refractivity contribution is 5.93. The Morgan fingerprint density at radius 2 is 2.21 bits per heavy atom. The van der Waals surface area contributed by atoms with Gasteiger partial charge in [0.2, 0.25) is 0 Å². The minimum absolute atomic E-state index is 0.177. The maximum Gasteiger partial charge on any atom is 0.274 e. The number of carbonyl (C=O) groups is 1. The van der Waals surface area contributed by atoms with Crippen LogP contribution in [-0.2, 0) is 13.0 Å². The number of fused-ring (bicyclic) bond motifs is 1. The van der Waals surface area contributed by atoms with E-state index < -0.39 is 5.91 Å². The van der Waals surface area contributed by atoms with Crippen molar-refractivity contribution < 1.29 is 14.4 Å². The maximum absolute atomic E-state index is 14.1. The van der Waals surface area contributed by atoms with E-state index in [0.29, 0.717) is 18.2 Å². The average Bonchev–Trinajstić information content (AvgIpc) is 2.36. The molecule has 0 unspecified atom stereocenters. The molecule has 2 N–H and O–H groups in total. The van der Waals surface area contributed by atoms with Gasteiger partial charge in [-0.15, -0.1) is 0 Å². The molecule has 4 nitrogen and oxygen atoms in total. The SMILES string of the molecule is O=C(NO)c1cc(F)c2c(c1)CCN(C1CCC1)C2. The third kappa shape index (κ3) is 2.24. The van der Waals surface area contributed by atoms with E-state index in [1.807, 2.05) is 0 Å². The Kier molecular flexibility index (Phi) is 3.24. The normalized spacial score (nSPS) is 19.7. The van der Waals surface area contributed by atoms with Crippen LogP contribution in [0.5, 0.6) is 0 Å². The third-order valence-electron chi connectivity index (χ3n) is 4.27. The van der Waals surface area contributed by atoms with Gasteiger partial charge in [-0.2, -0.15) is 0 Å². The Bertz CT molecular complexity index is 514. The quantitative estimate of drug-likeness (QED) is 0.633. The molecular weight excluding hydrogens is 247 g/mol. The molecule has 5 heteroatoms. The molecule has 1 aromatic carbocycles.